The topological polar surface area (TPSA) is 70.7 Å². The van der Waals surface area contributed by atoms with Gasteiger partial charge in [0.05, 0.1) is 36.4 Å². The van der Waals surface area contributed by atoms with Crippen molar-refractivity contribution in [2.45, 2.75) is 20.3 Å². The summed E-state index contributed by atoms with van der Waals surface area (Å²) in [4.78, 5) is 27.6. The van der Waals surface area contributed by atoms with Crippen LogP contribution in [0.15, 0.2) is 42.5 Å². The molecule has 1 aliphatic carbocycles. The molecule has 6 heteroatoms. The lowest BCUT2D eigenvalue weighted by molar-refractivity contribution is -0.122. The molecule has 4 rings (SSSR count). The van der Waals surface area contributed by atoms with Crippen molar-refractivity contribution >= 4 is 28.9 Å². The van der Waals surface area contributed by atoms with Gasteiger partial charge in [-0.25, -0.2) is 0 Å². The number of para-hydroxylation sites is 2. The number of rotatable bonds is 5. The van der Waals surface area contributed by atoms with Gasteiger partial charge in [-0.1, -0.05) is 24.3 Å². The Morgan fingerprint density at radius 1 is 0.897 bits per heavy atom. The first-order chi connectivity index (χ1) is 14.0. The summed E-state index contributed by atoms with van der Waals surface area (Å²) in [6, 6.07) is 13.7. The average Bonchev–Trinajstić information content (AvgIpc) is 3.54. The van der Waals surface area contributed by atoms with E-state index in [2.05, 4.69) is 15.5 Å². The quantitative estimate of drug-likeness (QED) is 0.817. The smallest absolute Gasteiger partial charge is 0.228 e. The molecule has 1 aliphatic heterocycles. The molecule has 2 aromatic rings. The predicted molar refractivity (Wildman–Crippen MR) is 114 cm³/mol. The highest BCUT2D eigenvalue weighted by Crippen LogP contribution is 2.41. The number of hydrogen-bond donors (Lipinski definition) is 2. The lowest BCUT2D eigenvalue weighted by atomic mass is 10.1. The molecule has 152 valence electrons. The molecule has 2 unspecified atom stereocenters. The van der Waals surface area contributed by atoms with E-state index in [4.69, 9.17) is 4.74 Å². The first kappa shape index (κ1) is 19.5. The standard InChI is InChI=1S/C23H27N3O3/c1-15-6-5-8-19(16(15)2)24-22(27)17-14-18(17)23(28)25-20-7-3-4-9-21(20)26-10-12-29-13-11-26/h3-9,17-18H,10-14H2,1-2H3,(H,24,27)(H,25,28). The lowest BCUT2D eigenvalue weighted by Gasteiger charge is -2.30. The second-order valence-corrected chi connectivity index (χ2v) is 7.79. The van der Waals surface area contributed by atoms with Gasteiger partial charge < -0.3 is 20.3 Å². The Kier molecular flexibility index (Phi) is 5.53. The van der Waals surface area contributed by atoms with Crippen LogP contribution in [0.1, 0.15) is 17.5 Å². The molecule has 2 aliphatic rings. The number of carbonyl (C=O) groups is 2. The van der Waals surface area contributed by atoms with Crippen molar-refractivity contribution in [2.75, 3.05) is 41.8 Å². The largest absolute Gasteiger partial charge is 0.378 e. The minimum atomic E-state index is -0.280. The van der Waals surface area contributed by atoms with Crippen molar-refractivity contribution in [2.24, 2.45) is 11.8 Å². The summed E-state index contributed by atoms with van der Waals surface area (Å²) in [6.45, 7) is 6.99. The van der Waals surface area contributed by atoms with E-state index >= 15 is 0 Å². The second-order valence-electron chi connectivity index (χ2n) is 7.79. The number of ether oxygens (including phenoxy) is 1. The number of hydrogen-bond acceptors (Lipinski definition) is 4. The van der Waals surface area contributed by atoms with Crippen molar-refractivity contribution in [3.63, 3.8) is 0 Å². The van der Waals surface area contributed by atoms with Crippen LogP contribution in [0.2, 0.25) is 0 Å². The van der Waals surface area contributed by atoms with Crippen molar-refractivity contribution in [1.82, 2.24) is 0 Å². The third-order valence-electron chi connectivity index (χ3n) is 5.84. The fourth-order valence-corrected chi connectivity index (χ4v) is 3.77. The van der Waals surface area contributed by atoms with Gasteiger partial charge in [0.2, 0.25) is 11.8 Å². The van der Waals surface area contributed by atoms with Gasteiger partial charge >= 0.3 is 0 Å². The maximum absolute atomic E-state index is 12.8. The molecule has 0 radical (unpaired) electrons. The van der Waals surface area contributed by atoms with Gasteiger partial charge in [0.15, 0.2) is 0 Å². The Balaban J connectivity index is 1.38. The van der Waals surface area contributed by atoms with Crippen molar-refractivity contribution in [3.8, 4) is 0 Å². The van der Waals surface area contributed by atoms with Crippen LogP contribution in [0.5, 0.6) is 0 Å². The molecule has 2 aromatic carbocycles. The summed E-state index contributed by atoms with van der Waals surface area (Å²) in [5, 5.41) is 6.02. The fourth-order valence-electron chi connectivity index (χ4n) is 3.77. The SMILES string of the molecule is Cc1cccc(NC(=O)C2CC2C(=O)Nc2ccccc2N2CCOCC2)c1C. The first-order valence-electron chi connectivity index (χ1n) is 10.1. The molecule has 0 aromatic heterocycles. The van der Waals surface area contributed by atoms with Crippen LogP contribution >= 0.6 is 0 Å². The summed E-state index contributed by atoms with van der Waals surface area (Å²) in [7, 11) is 0. The zero-order chi connectivity index (χ0) is 20.4. The second kappa shape index (κ2) is 8.25. The minimum Gasteiger partial charge on any atom is -0.378 e. The third-order valence-corrected chi connectivity index (χ3v) is 5.84. The number of nitrogens with one attached hydrogen (secondary N) is 2. The van der Waals surface area contributed by atoms with Crippen molar-refractivity contribution < 1.29 is 14.3 Å². The summed E-state index contributed by atoms with van der Waals surface area (Å²) in [5.74, 6) is -0.726. The van der Waals surface area contributed by atoms with Gasteiger partial charge in [-0.2, -0.15) is 0 Å². The molecule has 1 heterocycles. The molecule has 0 spiro atoms. The Labute approximate surface area is 171 Å². The number of benzene rings is 2. The minimum absolute atomic E-state index is 0.0830. The van der Waals surface area contributed by atoms with E-state index in [0.717, 1.165) is 41.3 Å². The molecule has 2 atom stereocenters. The molecular formula is C23H27N3O3. The number of nitrogens with zero attached hydrogens (tertiary/aromatic N) is 1. The summed E-state index contributed by atoms with van der Waals surface area (Å²) in [5.41, 5.74) is 4.80. The summed E-state index contributed by atoms with van der Waals surface area (Å²) in [6.07, 6.45) is 0.586. The highest BCUT2D eigenvalue weighted by Gasteiger charge is 2.48. The van der Waals surface area contributed by atoms with E-state index in [1.54, 1.807) is 0 Å². The number of carbonyl (C=O) groups excluding carboxylic acids is 2. The Morgan fingerprint density at radius 2 is 1.52 bits per heavy atom. The van der Waals surface area contributed by atoms with Gasteiger partial charge in [0.1, 0.15) is 0 Å². The van der Waals surface area contributed by atoms with Gasteiger partial charge in [-0.05, 0) is 49.6 Å². The number of amides is 2. The monoisotopic (exact) mass is 393 g/mol. The zero-order valence-corrected chi connectivity index (χ0v) is 16.9. The first-order valence-corrected chi connectivity index (χ1v) is 10.1. The average molecular weight is 393 g/mol. The van der Waals surface area contributed by atoms with Crippen LogP contribution < -0.4 is 15.5 Å². The third kappa shape index (κ3) is 4.27. The zero-order valence-electron chi connectivity index (χ0n) is 16.9. The van der Waals surface area contributed by atoms with E-state index in [-0.39, 0.29) is 23.7 Å². The Morgan fingerprint density at radius 3 is 2.24 bits per heavy atom. The van der Waals surface area contributed by atoms with Gasteiger partial charge in [0.25, 0.3) is 0 Å². The van der Waals surface area contributed by atoms with Crippen LogP contribution in [-0.4, -0.2) is 38.1 Å². The van der Waals surface area contributed by atoms with E-state index in [1.807, 2.05) is 56.3 Å². The highest BCUT2D eigenvalue weighted by atomic mass is 16.5. The summed E-state index contributed by atoms with van der Waals surface area (Å²) >= 11 is 0. The lowest BCUT2D eigenvalue weighted by Crippen LogP contribution is -2.36. The van der Waals surface area contributed by atoms with Crippen molar-refractivity contribution in [1.29, 1.82) is 0 Å². The van der Waals surface area contributed by atoms with E-state index in [0.29, 0.717) is 19.6 Å². The molecule has 2 amide bonds. The van der Waals surface area contributed by atoms with Gasteiger partial charge in [-0.3, -0.25) is 9.59 Å². The van der Waals surface area contributed by atoms with Crippen LogP contribution in [0.4, 0.5) is 17.1 Å². The van der Waals surface area contributed by atoms with E-state index < -0.39 is 0 Å². The van der Waals surface area contributed by atoms with Crippen LogP contribution in [-0.2, 0) is 14.3 Å². The molecule has 2 N–H and O–H groups in total. The molecule has 1 saturated carbocycles. The molecule has 1 saturated heterocycles. The highest BCUT2D eigenvalue weighted by molar-refractivity contribution is 6.04. The fraction of sp³-hybridized carbons (Fsp3) is 0.391. The van der Waals surface area contributed by atoms with Gasteiger partial charge in [0, 0.05) is 18.8 Å². The number of anilines is 3. The van der Waals surface area contributed by atoms with Crippen LogP contribution in [0.25, 0.3) is 0 Å². The molecule has 29 heavy (non-hydrogen) atoms. The molecule has 6 nitrogen and oxygen atoms in total. The van der Waals surface area contributed by atoms with E-state index in [9.17, 15) is 9.59 Å². The summed E-state index contributed by atoms with van der Waals surface area (Å²) < 4.78 is 5.42. The molecular weight excluding hydrogens is 366 g/mol. The maximum atomic E-state index is 12.8. The maximum Gasteiger partial charge on any atom is 0.228 e. The van der Waals surface area contributed by atoms with Crippen LogP contribution in [0, 0.1) is 25.7 Å². The van der Waals surface area contributed by atoms with Gasteiger partial charge in [-0.15, -0.1) is 0 Å². The van der Waals surface area contributed by atoms with Crippen LogP contribution in [0.3, 0.4) is 0 Å². The Hall–Kier alpha value is -2.86. The predicted octanol–water partition coefficient (Wildman–Crippen LogP) is 3.35. The molecule has 0 bridgehead atoms. The van der Waals surface area contributed by atoms with E-state index in [1.165, 1.54) is 0 Å². The number of aryl methyl sites for hydroxylation is 1. The Bertz CT molecular complexity index is 921. The van der Waals surface area contributed by atoms with Crippen molar-refractivity contribution in [3.05, 3.63) is 53.6 Å². The molecule has 2 fully saturated rings. The normalized spacial score (nSPS) is 20.8. The number of morpholine rings is 1.